The zero-order chi connectivity index (χ0) is 21.3. The summed E-state index contributed by atoms with van der Waals surface area (Å²) in [6.07, 6.45) is 0. The van der Waals surface area contributed by atoms with Crippen molar-refractivity contribution in [2.24, 2.45) is 0 Å². The molecule has 0 saturated carbocycles. The van der Waals surface area contributed by atoms with Crippen LogP contribution in [0.25, 0.3) is 11.1 Å². The topological polar surface area (TPSA) is 161 Å². The van der Waals surface area contributed by atoms with E-state index in [-0.39, 0.29) is 35.1 Å². The second-order valence-electron chi connectivity index (χ2n) is 5.21. The van der Waals surface area contributed by atoms with Crippen molar-refractivity contribution in [1.82, 2.24) is 0 Å². The summed E-state index contributed by atoms with van der Waals surface area (Å²) in [6.45, 7) is 0. The Labute approximate surface area is 188 Å². The molecule has 0 aromatic heterocycles. The number of rotatable bonds is 5. The molecule has 0 radical (unpaired) electrons. The minimum Gasteiger partial charge on any atom is -0.500 e. The molecular formula is C16H13NaO10S2. The number of esters is 2. The molecule has 2 rings (SSSR count). The van der Waals surface area contributed by atoms with E-state index in [9.17, 15) is 35.5 Å². The first-order valence-corrected chi connectivity index (χ1v) is 10.1. The molecule has 0 unspecified atom stereocenters. The molecule has 150 valence electrons. The van der Waals surface area contributed by atoms with E-state index in [1.165, 1.54) is 24.3 Å². The molecule has 10 nitrogen and oxygen atoms in total. The number of hydrogen-bond donors (Lipinski definition) is 2. The van der Waals surface area contributed by atoms with Crippen LogP contribution in [0.4, 0.5) is 0 Å². The van der Waals surface area contributed by atoms with Gasteiger partial charge in [0, 0.05) is 0 Å². The summed E-state index contributed by atoms with van der Waals surface area (Å²) in [5.74, 6) is -2.61. The van der Waals surface area contributed by atoms with E-state index >= 15 is 0 Å². The molecule has 13 heteroatoms. The molecule has 0 fully saturated rings. The summed E-state index contributed by atoms with van der Waals surface area (Å²) in [5.41, 5.74) is -2.44. The van der Waals surface area contributed by atoms with Crippen LogP contribution in [0.5, 0.6) is 0 Å². The summed E-state index contributed by atoms with van der Waals surface area (Å²) in [7, 11) is -9.01. The SMILES string of the molecule is COC(=O)c1[c-]c(C(=O)OC)c(S(=O)(=O)O)c(S(=O)(=O)O)c1-c1ccccc1.[Na+]. The molecular weight excluding hydrogens is 439 g/mol. The molecule has 2 aromatic rings. The van der Waals surface area contributed by atoms with Gasteiger partial charge in [-0.15, -0.1) is 6.07 Å². The number of ether oxygens (including phenoxy) is 2. The van der Waals surface area contributed by atoms with Crippen molar-refractivity contribution >= 4 is 32.2 Å². The zero-order valence-corrected chi connectivity index (χ0v) is 19.0. The van der Waals surface area contributed by atoms with Gasteiger partial charge in [-0.2, -0.15) is 8.42 Å². The molecule has 0 bridgehead atoms. The molecule has 2 N–H and O–H groups in total. The first kappa shape index (κ1) is 25.2. The van der Waals surface area contributed by atoms with Gasteiger partial charge in [0.15, 0.2) is 0 Å². The second-order valence-corrected chi connectivity index (χ2v) is 7.92. The van der Waals surface area contributed by atoms with Gasteiger partial charge in [-0.1, -0.05) is 41.5 Å². The Balaban J connectivity index is 0.00000420. The normalized spacial score (nSPS) is 11.3. The average molecular weight is 452 g/mol. The molecule has 0 spiro atoms. The predicted molar refractivity (Wildman–Crippen MR) is 93.0 cm³/mol. The fourth-order valence-corrected chi connectivity index (χ4v) is 4.63. The summed E-state index contributed by atoms with van der Waals surface area (Å²) < 4.78 is 76.2. The first-order chi connectivity index (χ1) is 12.9. The Kier molecular flexibility index (Phi) is 8.13. The number of benzene rings is 2. The van der Waals surface area contributed by atoms with Crippen molar-refractivity contribution in [1.29, 1.82) is 0 Å². The van der Waals surface area contributed by atoms with Gasteiger partial charge in [0.25, 0.3) is 32.2 Å². The van der Waals surface area contributed by atoms with E-state index in [1.807, 2.05) is 0 Å². The van der Waals surface area contributed by atoms with Crippen LogP contribution >= 0.6 is 0 Å². The van der Waals surface area contributed by atoms with Gasteiger partial charge in [-0.25, -0.2) is 8.42 Å². The Morgan fingerprint density at radius 1 is 0.828 bits per heavy atom. The van der Waals surface area contributed by atoms with Crippen LogP contribution in [-0.4, -0.2) is 52.1 Å². The second kappa shape index (κ2) is 9.34. The van der Waals surface area contributed by atoms with Gasteiger partial charge in [0.05, 0.1) is 24.0 Å². The van der Waals surface area contributed by atoms with Crippen LogP contribution in [0.3, 0.4) is 0 Å². The van der Waals surface area contributed by atoms with Crippen molar-refractivity contribution in [3.63, 3.8) is 0 Å². The van der Waals surface area contributed by atoms with Gasteiger partial charge in [-0.05, 0) is 11.1 Å². The summed E-state index contributed by atoms with van der Waals surface area (Å²) in [6, 6.07) is 9.16. The zero-order valence-electron chi connectivity index (χ0n) is 15.4. The standard InChI is InChI=1S/C16H13O10S2.Na/c1-25-15(17)10-8-11(16(18)26-2)13(27(19,20)21)14(28(22,23)24)12(10)9-6-4-3-5-7-9;/h3-7H,1-2H3,(H,19,20,21)(H,22,23,24);/q-1;+1. The molecule has 29 heavy (non-hydrogen) atoms. The largest absolute Gasteiger partial charge is 1.00 e. The smallest absolute Gasteiger partial charge is 0.500 e. The van der Waals surface area contributed by atoms with Crippen LogP contribution < -0.4 is 29.6 Å². The predicted octanol–water partition coefficient (Wildman–Crippen LogP) is -1.78. The number of hydrogen-bond acceptors (Lipinski definition) is 8. The molecule has 0 aliphatic rings. The molecule has 0 aliphatic heterocycles. The van der Waals surface area contributed by atoms with E-state index in [2.05, 4.69) is 15.5 Å². The van der Waals surface area contributed by atoms with Crippen molar-refractivity contribution in [2.75, 3.05) is 14.2 Å². The third-order valence-electron chi connectivity index (χ3n) is 3.52. The molecule has 2 aromatic carbocycles. The Bertz CT molecular complexity index is 1160. The fraction of sp³-hybridized carbons (Fsp3) is 0.125. The van der Waals surface area contributed by atoms with Crippen LogP contribution in [0, 0.1) is 6.07 Å². The quantitative estimate of drug-likeness (QED) is 0.230. The van der Waals surface area contributed by atoms with E-state index in [1.54, 1.807) is 6.07 Å². The molecule has 0 heterocycles. The third-order valence-corrected chi connectivity index (χ3v) is 5.50. The number of carbonyl (C=O) groups is 2. The molecule has 0 amide bonds. The van der Waals surface area contributed by atoms with Gasteiger partial charge in [-0.3, -0.25) is 18.7 Å². The van der Waals surface area contributed by atoms with E-state index in [4.69, 9.17) is 0 Å². The molecule has 0 atom stereocenters. The van der Waals surface area contributed by atoms with Gasteiger partial charge < -0.3 is 9.47 Å². The van der Waals surface area contributed by atoms with Crippen molar-refractivity contribution in [3.8, 4) is 11.1 Å². The van der Waals surface area contributed by atoms with E-state index in [0.29, 0.717) is 0 Å². The van der Waals surface area contributed by atoms with Crippen LogP contribution in [-0.2, 0) is 29.7 Å². The average Bonchev–Trinajstić information content (AvgIpc) is 2.64. The van der Waals surface area contributed by atoms with Crippen molar-refractivity contribution < 1.29 is 74.6 Å². The van der Waals surface area contributed by atoms with Gasteiger partial charge in [0.2, 0.25) is 0 Å². The minimum absolute atomic E-state index is 0. The maximum atomic E-state index is 12.2. The minimum atomic E-state index is -5.41. The maximum absolute atomic E-state index is 12.2. The van der Waals surface area contributed by atoms with E-state index < -0.39 is 58.7 Å². The monoisotopic (exact) mass is 452 g/mol. The first-order valence-electron chi connectivity index (χ1n) is 7.23. The number of methoxy groups -OCH3 is 2. The van der Waals surface area contributed by atoms with Crippen molar-refractivity contribution in [2.45, 2.75) is 9.79 Å². The van der Waals surface area contributed by atoms with Gasteiger partial charge in [0.1, 0.15) is 0 Å². The Morgan fingerprint density at radius 2 is 1.28 bits per heavy atom. The summed E-state index contributed by atoms with van der Waals surface area (Å²) >= 11 is 0. The summed E-state index contributed by atoms with van der Waals surface area (Å²) in [5, 5.41) is 0. The van der Waals surface area contributed by atoms with Crippen LogP contribution in [0.2, 0.25) is 0 Å². The van der Waals surface area contributed by atoms with Gasteiger partial charge >= 0.3 is 29.6 Å². The summed E-state index contributed by atoms with van der Waals surface area (Å²) in [4.78, 5) is 21.4. The van der Waals surface area contributed by atoms with Crippen molar-refractivity contribution in [3.05, 3.63) is 47.5 Å². The number of carbonyl (C=O) groups excluding carboxylic acids is 2. The Hall–Kier alpha value is -1.80. The maximum Gasteiger partial charge on any atom is 1.00 e. The van der Waals surface area contributed by atoms with E-state index in [0.717, 1.165) is 14.2 Å². The van der Waals surface area contributed by atoms with Crippen LogP contribution in [0.15, 0.2) is 40.1 Å². The third kappa shape index (κ3) is 5.22. The molecule has 0 aliphatic carbocycles. The molecule has 0 saturated heterocycles. The Morgan fingerprint density at radius 3 is 1.69 bits per heavy atom. The fourth-order valence-electron chi connectivity index (χ4n) is 2.46. The van der Waals surface area contributed by atoms with Crippen LogP contribution in [0.1, 0.15) is 20.7 Å².